The van der Waals surface area contributed by atoms with Gasteiger partial charge in [0.2, 0.25) is 10.0 Å². The summed E-state index contributed by atoms with van der Waals surface area (Å²) in [5, 5.41) is 3.30. The average molecular weight is 304 g/mol. The predicted octanol–water partition coefficient (Wildman–Crippen LogP) is 0.719. The molecular weight excluding hydrogens is 276 g/mol. The zero-order chi connectivity index (χ0) is 15.0. The van der Waals surface area contributed by atoms with E-state index >= 15 is 0 Å². The molecule has 0 radical (unpaired) electrons. The van der Waals surface area contributed by atoms with Crippen LogP contribution in [0.4, 0.5) is 0 Å². The minimum atomic E-state index is -3.08. The van der Waals surface area contributed by atoms with Crippen molar-refractivity contribution in [3.63, 3.8) is 0 Å². The molecule has 20 heavy (non-hydrogen) atoms. The van der Waals surface area contributed by atoms with Crippen LogP contribution >= 0.6 is 0 Å². The highest BCUT2D eigenvalue weighted by Gasteiger charge is 2.16. The summed E-state index contributed by atoms with van der Waals surface area (Å²) in [6, 6.07) is 0. The van der Waals surface area contributed by atoms with Crippen LogP contribution in [0.25, 0.3) is 0 Å². The second kappa shape index (κ2) is 8.46. The summed E-state index contributed by atoms with van der Waals surface area (Å²) in [5.74, 6) is 0.965. The van der Waals surface area contributed by atoms with Crippen LogP contribution in [0.3, 0.4) is 0 Å². The van der Waals surface area contributed by atoms with E-state index in [1.807, 2.05) is 6.92 Å². The molecular formula is C13H28N4O2S. The highest BCUT2D eigenvalue weighted by molar-refractivity contribution is 7.88. The predicted molar refractivity (Wildman–Crippen MR) is 83.5 cm³/mol. The fourth-order valence-electron chi connectivity index (χ4n) is 2.35. The Balaban J connectivity index is 2.43. The number of sulfonamides is 1. The highest BCUT2D eigenvalue weighted by Crippen LogP contribution is 2.07. The van der Waals surface area contributed by atoms with Crippen molar-refractivity contribution in [3.05, 3.63) is 0 Å². The minimum Gasteiger partial charge on any atom is -0.357 e. The maximum Gasteiger partial charge on any atom is 0.211 e. The number of aliphatic imine (C=N–C) groups is 1. The van der Waals surface area contributed by atoms with Gasteiger partial charge < -0.3 is 10.2 Å². The van der Waals surface area contributed by atoms with Crippen LogP contribution in [0, 0.1) is 0 Å². The van der Waals surface area contributed by atoms with Gasteiger partial charge in [-0.3, -0.25) is 4.99 Å². The second-order valence-electron chi connectivity index (χ2n) is 5.04. The molecule has 1 heterocycles. The van der Waals surface area contributed by atoms with Gasteiger partial charge in [-0.25, -0.2) is 12.7 Å². The quantitative estimate of drug-likeness (QED) is 0.428. The summed E-state index contributed by atoms with van der Waals surface area (Å²) in [7, 11) is -3.08. The molecule has 0 aromatic rings. The first-order valence-electron chi connectivity index (χ1n) is 7.47. The van der Waals surface area contributed by atoms with Gasteiger partial charge in [0.15, 0.2) is 5.96 Å². The lowest BCUT2D eigenvalue weighted by Crippen LogP contribution is -2.39. The van der Waals surface area contributed by atoms with E-state index in [1.54, 1.807) is 0 Å². The summed E-state index contributed by atoms with van der Waals surface area (Å²) in [6.45, 7) is 8.64. The summed E-state index contributed by atoms with van der Waals surface area (Å²) in [5.41, 5.74) is 0. The van der Waals surface area contributed by atoms with Gasteiger partial charge in [0.25, 0.3) is 0 Å². The molecule has 0 saturated carbocycles. The van der Waals surface area contributed by atoms with Gasteiger partial charge in [-0.05, 0) is 26.2 Å². The molecule has 7 heteroatoms. The fraction of sp³-hybridized carbons (Fsp3) is 0.923. The monoisotopic (exact) mass is 304 g/mol. The molecule has 0 unspecified atom stereocenters. The summed E-state index contributed by atoms with van der Waals surface area (Å²) in [4.78, 5) is 6.87. The molecule has 0 aliphatic carbocycles. The van der Waals surface area contributed by atoms with E-state index < -0.39 is 10.0 Å². The zero-order valence-electron chi connectivity index (χ0n) is 12.9. The maximum absolute atomic E-state index is 11.5. The largest absolute Gasteiger partial charge is 0.357 e. The summed E-state index contributed by atoms with van der Waals surface area (Å²) >= 11 is 0. The van der Waals surface area contributed by atoms with Gasteiger partial charge in [-0.2, -0.15) is 0 Å². The molecule has 1 rings (SSSR count). The van der Waals surface area contributed by atoms with E-state index in [-0.39, 0.29) is 0 Å². The molecule has 0 spiro atoms. The molecule has 0 aromatic carbocycles. The third-order valence-electron chi connectivity index (χ3n) is 3.39. The maximum atomic E-state index is 11.5. The van der Waals surface area contributed by atoms with Crippen molar-refractivity contribution in [2.75, 3.05) is 45.5 Å². The van der Waals surface area contributed by atoms with Crippen molar-refractivity contribution in [1.82, 2.24) is 14.5 Å². The van der Waals surface area contributed by atoms with Gasteiger partial charge in [-0.15, -0.1) is 0 Å². The Kier molecular flexibility index (Phi) is 7.29. The van der Waals surface area contributed by atoms with Crippen molar-refractivity contribution < 1.29 is 8.42 Å². The molecule has 0 bridgehead atoms. The van der Waals surface area contributed by atoms with E-state index in [2.05, 4.69) is 22.1 Å². The number of nitrogens with zero attached hydrogens (tertiary/aromatic N) is 3. The van der Waals surface area contributed by atoms with Crippen LogP contribution in [-0.4, -0.2) is 69.1 Å². The van der Waals surface area contributed by atoms with Crippen LogP contribution in [-0.2, 0) is 10.0 Å². The lowest BCUT2D eigenvalue weighted by molar-refractivity contribution is 0.426. The van der Waals surface area contributed by atoms with E-state index in [4.69, 9.17) is 0 Å². The zero-order valence-corrected chi connectivity index (χ0v) is 13.7. The SMILES string of the molecule is CCNC(=NCCCN(CC)S(C)(=O)=O)N1CCCC1. The van der Waals surface area contributed by atoms with Gasteiger partial charge in [-0.1, -0.05) is 6.92 Å². The lowest BCUT2D eigenvalue weighted by atomic mass is 10.4. The van der Waals surface area contributed by atoms with E-state index in [1.165, 1.54) is 23.4 Å². The van der Waals surface area contributed by atoms with Crippen molar-refractivity contribution in [2.24, 2.45) is 4.99 Å². The van der Waals surface area contributed by atoms with Gasteiger partial charge >= 0.3 is 0 Å². The van der Waals surface area contributed by atoms with Crippen molar-refractivity contribution in [3.8, 4) is 0 Å². The van der Waals surface area contributed by atoms with Crippen molar-refractivity contribution in [2.45, 2.75) is 33.1 Å². The van der Waals surface area contributed by atoms with Crippen LogP contribution in [0.5, 0.6) is 0 Å². The number of guanidine groups is 1. The van der Waals surface area contributed by atoms with E-state index in [0.717, 1.165) is 32.0 Å². The van der Waals surface area contributed by atoms with E-state index in [0.29, 0.717) is 19.6 Å². The van der Waals surface area contributed by atoms with Crippen molar-refractivity contribution in [1.29, 1.82) is 0 Å². The van der Waals surface area contributed by atoms with Crippen molar-refractivity contribution >= 4 is 16.0 Å². The first-order chi connectivity index (χ1) is 9.49. The molecule has 1 aliphatic rings. The Morgan fingerprint density at radius 2 is 1.95 bits per heavy atom. The second-order valence-corrected chi connectivity index (χ2v) is 7.02. The first kappa shape index (κ1) is 17.2. The molecule has 1 N–H and O–H groups in total. The molecule has 0 aromatic heterocycles. The van der Waals surface area contributed by atoms with Crippen LogP contribution < -0.4 is 5.32 Å². The lowest BCUT2D eigenvalue weighted by Gasteiger charge is -2.21. The Hall–Kier alpha value is -0.820. The molecule has 0 amide bonds. The van der Waals surface area contributed by atoms with E-state index in [9.17, 15) is 8.42 Å². The highest BCUT2D eigenvalue weighted by atomic mass is 32.2. The molecule has 1 aliphatic heterocycles. The Morgan fingerprint density at radius 3 is 2.45 bits per heavy atom. The normalized spacial score (nSPS) is 17.0. The molecule has 6 nitrogen and oxygen atoms in total. The molecule has 1 saturated heterocycles. The Bertz CT molecular complexity index is 403. The third-order valence-corrected chi connectivity index (χ3v) is 4.77. The summed E-state index contributed by atoms with van der Waals surface area (Å²) < 4.78 is 24.4. The third kappa shape index (κ3) is 5.66. The Morgan fingerprint density at radius 1 is 1.30 bits per heavy atom. The number of hydrogen-bond donors (Lipinski definition) is 1. The first-order valence-corrected chi connectivity index (χ1v) is 9.32. The topological polar surface area (TPSA) is 65.0 Å². The average Bonchev–Trinajstić information content (AvgIpc) is 2.89. The number of likely N-dealkylation sites (tertiary alicyclic amines) is 1. The Labute approximate surface area is 123 Å². The summed E-state index contributed by atoms with van der Waals surface area (Å²) in [6.07, 6.45) is 4.46. The van der Waals surface area contributed by atoms with Crippen LogP contribution in [0.15, 0.2) is 4.99 Å². The van der Waals surface area contributed by atoms with Crippen LogP contribution in [0.1, 0.15) is 33.1 Å². The van der Waals surface area contributed by atoms with Gasteiger partial charge in [0.05, 0.1) is 6.26 Å². The minimum absolute atomic E-state index is 0.523. The molecule has 0 atom stereocenters. The standard InChI is InChI=1S/C13H28N4O2S/c1-4-14-13(16-10-6-7-11-16)15-9-8-12-17(5-2)20(3,18)19/h4-12H2,1-3H3,(H,14,15). The molecule has 118 valence electrons. The number of nitrogens with one attached hydrogen (secondary N) is 1. The fourth-order valence-corrected chi connectivity index (χ4v) is 3.27. The van der Waals surface area contributed by atoms with Gasteiger partial charge in [0, 0.05) is 39.3 Å². The number of hydrogen-bond acceptors (Lipinski definition) is 3. The smallest absolute Gasteiger partial charge is 0.211 e. The number of rotatable bonds is 7. The molecule has 1 fully saturated rings. The van der Waals surface area contributed by atoms with Crippen LogP contribution in [0.2, 0.25) is 0 Å². The van der Waals surface area contributed by atoms with Gasteiger partial charge in [0.1, 0.15) is 0 Å².